The Balaban J connectivity index is 1.55. The zero-order chi connectivity index (χ0) is 19.2. The summed E-state index contributed by atoms with van der Waals surface area (Å²) in [6, 6.07) is 14.3. The van der Waals surface area contributed by atoms with E-state index in [1.807, 2.05) is 12.1 Å². The summed E-state index contributed by atoms with van der Waals surface area (Å²) in [6.45, 7) is -0.687. The van der Waals surface area contributed by atoms with Gasteiger partial charge >= 0.3 is 5.97 Å². The molecule has 2 aromatic rings. The van der Waals surface area contributed by atoms with E-state index in [2.05, 4.69) is 5.32 Å². The number of amides is 2. The second kappa shape index (κ2) is 8.59. The molecule has 0 unspecified atom stereocenters. The minimum Gasteiger partial charge on any atom is -0.495 e. The van der Waals surface area contributed by atoms with E-state index in [-0.39, 0.29) is 18.2 Å². The summed E-state index contributed by atoms with van der Waals surface area (Å²) in [5.74, 6) is -0.549. The van der Waals surface area contributed by atoms with E-state index in [0.29, 0.717) is 17.1 Å². The van der Waals surface area contributed by atoms with Gasteiger partial charge in [0.2, 0.25) is 5.91 Å². The van der Waals surface area contributed by atoms with Gasteiger partial charge in [0.25, 0.3) is 5.91 Å². The molecule has 0 atom stereocenters. The van der Waals surface area contributed by atoms with E-state index in [1.54, 1.807) is 36.4 Å². The maximum atomic E-state index is 12.1. The number of anilines is 2. The summed E-state index contributed by atoms with van der Waals surface area (Å²) in [6.07, 6.45) is 0. The zero-order valence-corrected chi connectivity index (χ0v) is 15.5. The predicted octanol–water partition coefficient (Wildman–Crippen LogP) is 2.32. The number of para-hydroxylation sites is 3. The third-order valence-corrected chi connectivity index (χ3v) is 4.89. The van der Waals surface area contributed by atoms with Crippen molar-refractivity contribution in [2.45, 2.75) is 4.90 Å². The van der Waals surface area contributed by atoms with Crippen molar-refractivity contribution in [3.8, 4) is 5.75 Å². The lowest BCUT2D eigenvalue weighted by Gasteiger charge is -2.27. The summed E-state index contributed by atoms with van der Waals surface area (Å²) in [4.78, 5) is 38.6. The minimum absolute atomic E-state index is 0.172. The van der Waals surface area contributed by atoms with E-state index >= 15 is 0 Å². The molecule has 0 radical (unpaired) electrons. The van der Waals surface area contributed by atoms with Crippen molar-refractivity contribution < 1.29 is 23.9 Å². The normalized spacial score (nSPS) is 12.9. The number of esters is 1. The fourth-order valence-electron chi connectivity index (χ4n) is 2.58. The second-order valence-corrected chi connectivity index (χ2v) is 6.66. The highest BCUT2D eigenvalue weighted by Crippen LogP contribution is 2.34. The van der Waals surface area contributed by atoms with Crippen LogP contribution in [0.4, 0.5) is 11.4 Å². The molecule has 7 nitrogen and oxygen atoms in total. The van der Waals surface area contributed by atoms with Crippen molar-refractivity contribution in [1.29, 1.82) is 0 Å². The zero-order valence-electron chi connectivity index (χ0n) is 14.6. The Kier molecular flexibility index (Phi) is 5.97. The molecular weight excluding hydrogens is 368 g/mol. The predicted molar refractivity (Wildman–Crippen MR) is 102 cm³/mol. The van der Waals surface area contributed by atoms with Gasteiger partial charge in [-0.1, -0.05) is 24.3 Å². The molecular formula is C19H18N2O5S. The van der Waals surface area contributed by atoms with Gasteiger partial charge in [0.15, 0.2) is 6.61 Å². The van der Waals surface area contributed by atoms with Crippen molar-refractivity contribution >= 4 is 40.9 Å². The van der Waals surface area contributed by atoms with Crippen LogP contribution in [-0.4, -0.2) is 43.8 Å². The number of carbonyl (C=O) groups excluding carboxylic acids is 3. The summed E-state index contributed by atoms with van der Waals surface area (Å²) in [7, 11) is 1.50. The highest BCUT2D eigenvalue weighted by atomic mass is 32.2. The Bertz CT molecular complexity index is 871. The topological polar surface area (TPSA) is 84.9 Å². The number of hydrogen-bond donors (Lipinski definition) is 1. The van der Waals surface area contributed by atoms with Crippen LogP contribution in [0.15, 0.2) is 53.4 Å². The van der Waals surface area contributed by atoms with Gasteiger partial charge < -0.3 is 14.8 Å². The lowest BCUT2D eigenvalue weighted by Crippen LogP contribution is -2.40. The first-order chi connectivity index (χ1) is 13.1. The molecule has 1 aliphatic heterocycles. The van der Waals surface area contributed by atoms with Crippen molar-refractivity contribution in [2.24, 2.45) is 0 Å². The molecule has 140 valence electrons. The second-order valence-electron chi connectivity index (χ2n) is 5.65. The van der Waals surface area contributed by atoms with E-state index in [1.165, 1.54) is 23.8 Å². The van der Waals surface area contributed by atoms with Gasteiger partial charge in [-0.2, -0.15) is 0 Å². The molecule has 0 spiro atoms. The third kappa shape index (κ3) is 4.59. The Morgan fingerprint density at radius 2 is 1.89 bits per heavy atom. The summed E-state index contributed by atoms with van der Waals surface area (Å²) < 4.78 is 10.2. The molecule has 0 bridgehead atoms. The standard InChI is InChI=1S/C19H18N2O5S/c1-25-15-8-4-2-6-13(15)20-17(22)11-26-19(24)10-21-14-7-3-5-9-16(14)27-12-18(21)23/h2-9H,10-12H2,1H3,(H,20,22). The number of ether oxygens (including phenoxy) is 2. The molecule has 3 rings (SSSR count). The quantitative estimate of drug-likeness (QED) is 0.767. The molecule has 0 aromatic heterocycles. The van der Waals surface area contributed by atoms with Crippen LogP contribution in [0, 0.1) is 0 Å². The van der Waals surface area contributed by atoms with Gasteiger partial charge in [-0.15, -0.1) is 11.8 Å². The highest BCUT2D eigenvalue weighted by Gasteiger charge is 2.26. The summed E-state index contributed by atoms with van der Waals surface area (Å²) in [5, 5.41) is 2.62. The van der Waals surface area contributed by atoms with Crippen molar-refractivity contribution in [3.05, 3.63) is 48.5 Å². The van der Waals surface area contributed by atoms with Gasteiger partial charge in [-0.05, 0) is 24.3 Å². The van der Waals surface area contributed by atoms with Crippen LogP contribution >= 0.6 is 11.8 Å². The average Bonchev–Trinajstić information content (AvgIpc) is 2.69. The number of nitrogens with one attached hydrogen (secondary N) is 1. The van der Waals surface area contributed by atoms with E-state index < -0.39 is 18.5 Å². The fraction of sp³-hybridized carbons (Fsp3) is 0.211. The van der Waals surface area contributed by atoms with Gasteiger partial charge in [-0.25, -0.2) is 0 Å². The molecule has 0 saturated heterocycles. The molecule has 0 fully saturated rings. The SMILES string of the molecule is COc1ccccc1NC(=O)COC(=O)CN1C(=O)CSc2ccccc21. The van der Waals surface area contributed by atoms with Crippen molar-refractivity contribution in [2.75, 3.05) is 36.2 Å². The first-order valence-electron chi connectivity index (χ1n) is 8.19. The number of benzene rings is 2. The van der Waals surface area contributed by atoms with Crippen molar-refractivity contribution in [1.82, 2.24) is 0 Å². The molecule has 1 aliphatic rings. The maximum Gasteiger partial charge on any atom is 0.326 e. The van der Waals surface area contributed by atoms with Crippen LogP contribution in [0.25, 0.3) is 0 Å². The van der Waals surface area contributed by atoms with Crippen LogP contribution in [0.5, 0.6) is 5.75 Å². The Morgan fingerprint density at radius 3 is 2.70 bits per heavy atom. The number of carbonyl (C=O) groups is 3. The Labute approximate surface area is 160 Å². The van der Waals surface area contributed by atoms with Gasteiger partial charge in [-0.3, -0.25) is 19.3 Å². The average molecular weight is 386 g/mol. The number of fused-ring (bicyclic) bond motifs is 1. The van der Waals surface area contributed by atoms with Crippen LogP contribution in [0.2, 0.25) is 0 Å². The van der Waals surface area contributed by atoms with Gasteiger partial charge in [0, 0.05) is 4.90 Å². The molecule has 0 aliphatic carbocycles. The van der Waals surface area contributed by atoms with Crippen LogP contribution in [-0.2, 0) is 19.1 Å². The first kappa shape index (κ1) is 18.8. The highest BCUT2D eigenvalue weighted by molar-refractivity contribution is 8.00. The minimum atomic E-state index is -0.653. The molecule has 27 heavy (non-hydrogen) atoms. The fourth-order valence-corrected chi connectivity index (χ4v) is 3.52. The first-order valence-corrected chi connectivity index (χ1v) is 9.17. The summed E-state index contributed by atoms with van der Waals surface area (Å²) >= 11 is 1.43. The molecule has 1 N–H and O–H groups in total. The van der Waals surface area contributed by atoms with Gasteiger partial charge in [0.05, 0.1) is 24.2 Å². The van der Waals surface area contributed by atoms with Crippen LogP contribution in [0.3, 0.4) is 0 Å². The lowest BCUT2D eigenvalue weighted by molar-refractivity contribution is -0.146. The number of rotatable bonds is 6. The van der Waals surface area contributed by atoms with Crippen molar-refractivity contribution in [3.63, 3.8) is 0 Å². The van der Waals surface area contributed by atoms with E-state index in [0.717, 1.165) is 4.90 Å². The number of methoxy groups -OCH3 is 1. The maximum absolute atomic E-state index is 12.1. The Morgan fingerprint density at radius 1 is 1.15 bits per heavy atom. The molecule has 2 amide bonds. The molecule has 0 saturated carbocycles. The van der Waals surface area contributed by atoms with E-state index in [4.69, 9.17) is 9.47 Å². The third-order valence-electron chi connectivity index (χ3n) is 3.84. The molecule has 2 aromatic carbocycles. The van der Waals surface area contributed by atoms with Gasteiger partial charge in [0.1, 0.15) is 12.3 Å². The lowest BCUT2D eigenvalue weighted by atomic mass is 10.2. The van der Waals surface area contributed by atoms with Crippen LogP contribution in [0.1, 0.15) is 0 Å². The molecule has 1 heterocycles. The largest absolute Gasteiger partial charge is 0.495 e. The number of nitrogens with zero attached hydrogens (tertiary/aromatic N) is 1. The number of hydrogen-bond acceptors (Lipinski definition) is 6. The number of thioether (sulfide) groups is 1. The molecule has 8 heteroatoms. The monoisotopic (exact) mass is 386 g/mol. The van der Waals surface area contributed by atoms with Crippen LogP contribution < -0.4 is 15.0 Å². The van der Waals surface area contributed by atoms with E-state index in [9.17, 15) is 14.4 Å². The smallest absolute Gasteiger partial charge is 0.326 e. The summed E-state index contributed by atoms with van der Waals surface area (Å²) in [5.41, 5.74) is 1.16. The Hall–Kier alpha value is -3.00.